The van der Waals surface area contributed by atoms with Crippen LogP contribution in [0.15, 0.2) is 48.5 Å². The smallest absolute Gasteiger partial charge is 0.256 e. The van der Waals surface area contributed by atoms with Crippen LogP contribution in [-0.2, 0) is 16.0 Å². The van der Waals surface area contributed by atoms with E-state index in [1.54, 1.807) is 24.3 Å². The van der Waals surface area contributed by atoms with Crippen LogP contribution in [0.1, 0.15) is 18.9 Å². The number of imide groups is 1. The number of nitrogens with zero attached hydrogens (tertiary/aromatic N) is 1. The first kappa shape index (κ1) is 15.6. The first-order valence-corrected chi connectivity index (χ1v) is 7.94. The van der Waals surface area contributed by atoms with E-state index in [9.17, 15) is 9.59 Å². The Morgan fingerprint density at radius 2 is 1.83 bits per heavy atom. The van der Waals surface area contributed by atoms with E-state index < -0.39 is 6.04 Å². The maximum atomic E-state index is 12.6. The molecule has 1 atom stereocenters. The standard InChI is InChI=1S/C18H17ClN2O2/c1-2-12-7-9-13(10-8-12)20-15-11-17(22)21(18(15)23)16-6-4-3-5-14(16)19/h3-10,15,20H,2,11H2,1H3/t15-/m1/s1. The number of carbonyl (C=O) groups is 2. The average Bonchev–Trinajstić information content (AvgIpc) is 2.83. The molecule has 0 aliphatic carbocycles. The normalized spacial score (nSPS) is 17.7. The van der Waals surface area contributed by atoms with E-state index in [4.69, 9.17) is 11.6 Å². The van der Waals surface area contributed by atoms with Gasteiger partial charge in [0.2, 0.25) is 5.91 Å². The van der Waals surface area contributed by atoms with E-state index in [2.05, 4.69) is 12.2 Å². The van der Waals surface area contributed by atoms with Crippen molar-refractivity contribution in [2.45, 2.75) is 25.8 Å². The first-order valence-electron chi connectivity index (χ1n) is 7.57. The molecule has 1 aliphatic rings. The molecule has 4 nitrogen and oxygen atoms in total. The summed E-state index contributed by atoms with van der Waals surface area (Å²) in [4.78, 5) is 26.0. The second-order valence-electron chi connectivity index (χ2n) is 5.47. The zero-order valence-corrected chi connectivity index (χ0v) is 13.5. The molecule has 2 aromatic carbocycles. The van der Waals surface area contributed by atoms with Crippen LogP contribution in [-0.4, -0.2) is 17.9 Å². The lowest BCUT2D eigenvalue weighted by Gasteiger charge is -2.17. The molecule has 0 aromatic heterocycles. The minimum Gasteiger partial charge on any atom is -0.373 e. The molecule has 0 radical (unpaired) electrons. The molecule has 1 saturated heterocycles. The van der Waals surface area contributed by atoms with E-state index in [0.717, 1.165) is 12.1 Å². The summed E-state index contributed by atoms with van der Waals surface area (Å²) in [6.45, 7) is 2.09. The van der Waals surface area contributed by atoms with Gasteiger partial charge < -0.3 is 5.32 Å². The lowest BCUT2D eigenvalue weighted by molar-refractivity contribution is -0.121. The van der Waals surface area contributed by atoms with Crippen LogP contribution in [0.5, 0.6) is 0 Å². The van der Waals surface area contributed by atoms with Crippen LogP contribution in [0, 0.1) is 0 Å². The lowest BCUT2D eigenvalue weighted by atomic mass is 10.1. The number of nitrogens with one attached hydrogen (secondary N) is 1. The van der Waals surface area contributed by atoms with Crippen molar-refractivity contribution in [2.75, 3.05) is 10.2 Å². The zero-order valence-electron chi connectivity index (χ0n) is 12.8. The summed E-state index contributed by atoms with van der Waals surface area (Å²) in [5, 5.41) is 3.53. The van der Waals surface area contributed by atoms with Gasteiger partial charge in [-0.25, -0.2) is 4.90 Å². The van der Waals surface area contributed by atoms with Gasteiger partial charge in [-0.3, -0.25) is 9.59 Å². The Bertz CT molecular complexity index is 743. The molecule has 2 aromatic rings. The van der Waals surface area contributed by atoms with Gasteiger partial charge in [0.25, 0.3) is 5.91 Å². The Morgan fingerprint density at radius 3 is 2.48 bits per heavy atom. The molecule has 1 heterocycles. The van der Waals surface area contributed by atoms with Crippen molar-refractivity contribution in [2.24, 2.45) is 0 Å². The third-order valence-corrected chi connectivity index (χ3v) is 4.26. The van der Waals surface area contributed by atoms with Gasteiger partial charge in [-0.2, -0.15) is 0 Å². The van der Waals surface area contributed by atoms with Crippen LogP contribution in [0.3, 0.4) is 0 Å². The molecule has 3 rings (SSSR count). The minimum atomic E-state index is -0.564. The van der Waals surface area contributed by atoms with Gasteiger partial charge in [-0.05, 0) is 36.2 Å². The fraction of sp³-hybridized carbons (Fsp3) is 0.222. The molecule has 118 valence electrons. The largest absolute Gasteiger partial charge is 0.373 e. The topological polar surface area (TPSA) is 49.4 Å². The first-order chi connectivity index (χ1) is 11.1. The molecule has 0 saturated carbocycles. The molecule has 0 bridgehead atoms. The quantitative estimate of drug-likeness (QED) is 0.872. The van der Waals surface area contributed by atoms with E-state index in [0.29, 0.717) is 10.7 Å². The highest BCUT2D eigenvalue weighted by Crippen LogP contribution is 2.30. The van der Waals surface area contributed by atoms with Crippen LogP contribution < -0.4 is 10.2 Å². The fourth-order valence-electron chi connectivity index (χ4n) is 2.67. The van der Waals surface area contributed by atoms with Gasteiger partial charge in [-0.1, -0.05) is 42.8 Å². The number of carbonyl (C=O) groups excluding carboxylic acids is 2. The second-order valence-corrected chi connectivity index (χ2v) is 5.88. The van der Waals surface area contributed by atoms with Gasteiger partial charge in [0.1, 0.15) is 6.04 Å². The van der Waals surface area contributed by atoms with Crippen LogP contribution in [0.4, 0.5) is 11.4 Å². The number of hydrogen-bond donors (Lipinski definition) is 1. The van der Waals surface area contributed by atoms with Crippen molar-refractivity contribution >= 4 is 34.8 Å². The van der Waals surface area contributed by atoms with Gasteiger partial charge in [0, 0.05) is 5.69 Å². The Morgan fingerprint density at radius 1 is 1.13 bits per heavy atom. The molecule has 1 N–H and O–H groups in total. The molecule has 0 unspecified atom stereocenters. The summed E-state index contributed by atoms with van der Waals surface area (Å²) in [6, 6.07) is 14.2. The number of aryl methyl sites for hydroxylation is 1. The van der Waals surface area contributed by atoms with E-state index in [-0.39, 0.29) is 18.2 Å². The Balaban J connectivity index is 1.79. The van der Waals surface area contributed by atoms with Crippen LogP contribution in [0.2, 0.25) is 5.02 Å². The molecule has 0 spiro atoms. The van der Waals surface area contributed by atoms with Crippen molar-refractivity contribution in [3.63, 3.8) is 0 Å². The number of rotatable bonds is 4. The summed E-state index contributed by atoms with van der Waals surface area (Å²) in [7, 11) is 0. The average molecular weight is 329 g/mol. The lowest BCUT2D eigenvalue weighted by Crippen LogP contribution is -2.35. The number of anilines is 2. The van der Waals surface area contributed by atoms with E-state index in [1.807, 2.05) is 24.3 Å². The van der Waals surface area contributed by atoms with Gasteiger partial charge in [0.05, 0.1) is 17.1 Å². The van der Waals surface area contributed by atoms with Crippen molar-refractivity contribution in [3.8, 4) is 0 Å². The van der Waals surface area contributed by atoms with Gasteiger partial charge in [-0.15, -0.1) is 0 Å². The molecular weight excluding hydrogens is 312 g/mol. The second kappa shape index (κ2) is 6.42. The Labute approximate surface area is 140 Å². The van der Waals surface area contributed by atoms with E-state index >= 15 is 0 Å². The van der Waals surface area contributed by atoms with Crippen molar-refractivity contribution in [1.29, 1.82) is 0 Å². The molecule has 23 heavy (non-hydrogen) atoms. The maximum absolute atomic E-state index is 12.6. The number of halogens is 1. The van der Waals surface area contributed by atoms with Crippen LogP contribution in [0.25, 0.3) is 0 Å². The minimum absolute atomic E-state index is 0.125. The number of amides is 2. The maximum Gasteiger partial charge on any atom is 0.256 e. The molecule has 5 heteroatoms. The van der Waals surface area contributed by atoms with Gasteiger partial charge in [0.15, 0.2) is 0 Å². The summed E-state index contributed by atoms with van der Waals surface area (Å²) < 4.78 is 0. The highest BCUT2D eigenvalue weighted by molar-refractivity contribution is 6.36. The van der Waals surface area contributed by atoms with Gasteiger partial charge >= 0.3 is 0 Å². The summed E-state index contributed by atoms with van der Waals surface area (Å²) in [6.07, 6.45) is 1.08. The Kier molecular flexibility index (Phi) is 4.35. The van der Waals surface area contributed by atoms with Crippen molar-refractivity contribution in [3.05, 3.63) is 59.1 Å². The SMILES string of the molecule is CCc1ccc(N[C@@H]2CC(=O)N(c3ccccc3Cl)C2=O)cc1. The van der Waals surface area contributed by atoms with Crippen LogP contribution >= 0.6 is 11.6 Å². The number of para-hydroxylation sites is 1. The predicted molar refractivity (Wildman–Crippen MR) is 91.8 cm³/mol. The highest BCUT2D eigenvalue weighted by atomic mass is 35.5. The highest BCUT2D eigenvalue weighted by Gasteiger charge is 2.40. The number of benzene rings is 2. The fourth-order valence-corrected chi connectivity index (χ4v) is 2.89. The van der Waals surface area contributed by atoms with Crippen molar-refractivity contribution < 1.29 is 9.59 Å². The monoisotopic (exact) mass is 328 g/mol. The molecule has 1 aliphatic heterocycles. The number of hydrogen-bond acceptors (Lipinski definition) is 3. The van der Waals surface area contributed by atoms with Crippen molar-refractivity contribution in [1.82, 2.24) is 0 Å². The Hall–Kier alpha value is -2.33. The summed E-state index contributed by atoms with van der Waals surface area (Å²) in [5.74, 6) is -0.520. The zero-order chi connectivity index (χ0) is 16.4. The molecule has 2 amide bonds. The third kappa shape index (κ3) is 3.08. The molecule has 1 fully saturated rings. The summed E-state index contributed by atoms with van der Waals surface area (Å²) in [5.41, 5.74) is 2.49. The summed E-state index contributed by atoms with van der Waals surface area (Å²) >= 11 is 6.11. The third-order valence-electron chi connectivity index (χ3n) is 3.94. The molecular formula is C18H17ClN2O2. The predicted octanol–water partition coefficient (Wildman–Crippen LogP) is 3.65. The van der Waals surface area contributed by atoms with E-state index in [1.165, 1.54) is 10.5 Å².